The van der Waals surface area contributed by atoms with Crippen molar-refractivity contribution in [2.45, 2.75) is 39.2 Å². The minimum Gasteiger partial charge on any atom is -0.497 e. The van der Waals surface area contributed by atoms with E-state index in [0.717, 1.165) is 5.56 Å². The number of hydrogen-bond donors (Lipinski definition) is 2. The zero-order valence-electron chi connectivity index (χ0n) is 18.3. The molecule has 1 aliphatic heterocycles. The van der Waals surface area contributed by atoms with Crippen LogP contribution in [0.4, 0.5) is 5.95 Å². The molecule has 0 spiro atoms. The van der Waals surface area contributed by atoms with Crippen molar-refractivity contribution in [3.05, 3.63) is 48.3 Å². The number of aromatic nitrogens is 2. The SMILES string of the molecule is COc1cccc(C2(NS(=O)(=O)NC(=O)C(C)(C)C)CCN(c3ncccn3)CC2)c1. The monoisotopic (exact) mass is 447 g/mol. The first-order chi connectivity index (χ1) is 14.5. The van der Waals surface area contributed by atoms with Gasteiger partial charge < -0.3 is 9.64 Å². The van der Waals surface area contributed by atoms with Crippen LogP contribution in [0.25, 0.3) is 0 Å². The van der Waals surface area contributed by atoms with Gasteiger partial charge in [0.05, 0.1) is 12.6 Å². The van der Waals surface area contributed by atoms with Gasteiger partial charge >= 0.3 is 10.2 Å². The Morgan fingerprint density at radius 3 is 2.35 bits per heavy atom. The van der Waals surface area contributed by atoms with Crippen LogP contribution in [0.1, 0.15) is 39.2 Å². The number of benzene rings is 1. The molecule has 31 heavy (non-hydrogen) atoms. The first-order valence-electron chi connectivity index (χ1n) is 10.1. The van der Waals surface area contributed by atoms with Crippen molar-refractivity contribution in [1.82, 2.24) is 19.4 Å². The molecular weight excluding hydrogens is 418 g/mol. The van der Waals surface area contributed by atoms with Gasteiger partial charge in [-0.2, -0.15) is 13.1 Å². The molecule has 9 nitrogen and oxygen atoms in total. The number of amides is 1. The maximum absolute atomic E-state index is 12.9. The van der Waals surface area contributed by atoms with Crippen LogP contribution in [-0.2, 0) is 20.5 Å². The number of ether oxygens (including phenoxy) is 1. The van der Waals surface area contributed by atoms with E-state index < -0.39 is 27.1 Å². The van der Waals surface area contributed by atoms with E-state index in [1.54, 1.807) is 52.4 Å². The highest BCUT2D eigenvalue weighted by atomic mass is 32.2. The molecule has 1 amide bonds. The van der Waals surface area contributed by atoms with Crippen molar-refractivity contribution >= 4 is 22.1 Å². The van der Waals surface area contributed by atoms with E-state index in [2.05, 4.69) is 19.4 Å². The van der Waals surface area contributed by atoms with Crippen LogP contribution in [0, 0.1) is 5.41 Å². The van der Waals surface area contributed by atoms with Crippen molar-refractivity contribution in [2.24, 2.45) is 5.41 Å². The lowest BCUT2D eigenvalue weighted by Gasteiger charge is -2.42. The highest BCUT2D eigenvalue weighted by Gasteiger charge is 2.41. The van der Waals surface area contributed by atoms with Crippen molar-refractivity contribution < 1.29 is 17.9 Å². The van der Waals surface area contributed by atoms with Crippen LogP contribution < -0.4 is 19.1 Å². The molecule has 0 atom stereocenters. The van der Waals surface area contributed by atoms with Crippen molar-refractivity contribution in [2.75, 3.05) is 25.1 Å². The zero-order valence-corrected chi connectivity index (χ0v) is 19.1. The van der Waals surface area contributed by atoms with Gasteiger partial charge in [0.2, 0.25) is 11.9 Å². The third-order valence-electron chi connectivity index (χ3n) is 5.31. The zero-order chi connectivity index (χ0) is 22.7. The molecule has 3 rings (SSSR count). The first-order valence-corrected chi connectivity index (χ1v) is 11.6. The number of carbonyl (C=O) groups excluding carboxylic acids is 1. The fraction of sp³-hybridized carbons (Fsp3) is 0.476. The van der Waals surface area contributed by atoms with E-state index in [1.165, 1.54) is 0 Å². The second-order valence-corrected chi connectivity index (χ2v) is 10.1. The summed E-state index contributed by atoms with van der Waals surface area (Å²) in [5.41, 5.74) is -0.982. The maximum Gasteiger partial charge on any atom is 0.302 e. The summed E-state index contributed by atoms with van der Waals surface area (Å²) in [4.78, 5) is 22.9. The second-order valence-electron chi connectivity index (χ2n) is 8.64. The molecule has 1 saturated heterocycles. The van der Waals surface area contributed by atoms with Crippen LogP contribution in [0.5, 0.6) is 5.75 Å². The Hall–Kier alpha value is -2.72. The molecule has 0 radical (unpaired) electrons. The summed E-state index contributed by atoms with van der Waals surface area (Å²) in [6.45, 7) is 6.06. The Morgan fingerprint density at radius 1 is 1.13 bits per heavy atom. The summed E-state index contributed by atoms with van der Waals surface area (Å²) >= 11 is 0. The maximum atomic E-state index is 12.9. The average molecular weight is 448 g/mol. The van der Waals surface area contributed by atoms with E-state index in [9.17, 15) is 13.2 Å². The Kier molecular flexibility index (Phi) is 6.51. The number of methoxy groups -OCH3 is 1. The molecule has 0 aliphatic carbocycles. The Morgan fingerprint density at radius 2 is 1.77 bits per heavy atom. The number of piperidine rings is 1. The lowest BCUT2D eigenvalue weighted by molar-refractivity contribution is -0.126. The lowest BCUT2D eigenvalue weighted by atomic mass is 9.82. The van der Waals surface area contributed by atoms with Gasteiger partial charge in [-0.25, -0.2) is 14.7 Å². The summed E-state index contributed by atoms with van der Waals surface area (Å²) in [5, 5.41) is 0. The average Bonchev–Trinajstić information content (AvgIpc) is 2.73. The number of carbonyl (C=O) groups is 1. The van der Waals surface area contributed by atoms with Crippen LogP contribution in [-0.4, -0.2) is 44.5 Å². The van der Waals surface area contributed by atoms with Crippen LogP contribution in [0.15, 0.2) is 42.7 Å². The topological polar surface area (TPSA) is 114 Å². The number of nitrogens with one attached hydrogen (secondary N) is 2. The van der Waals surface area contributed by atoms with E-state index in [4.69, 9.17) is 4.74 Å². The van der Waals surface area contributed by atoms with Crippen LogP contribution in [0.2, 0.25) is 0 Å². The molecular formula is C21H29N5O4S. The van der Waals surface area contributed by atoms with Gasteiger partial charge in [-0.15, -0.1) is 0 Å². The first kappa shape index (κ1) is 23.0. The second kappa shape index (κ2) is 8.80. The lowest BCUT2D eigenvalue weighted by Crippen LogP contribution is -2.57. The van der Waals surface area contributed by atoms with E-state index in [0.29, 0.717) is 37.6 Å². The minimum absolute atomic E-state index is 0.461. The summed E-state index contributed by atoms with van der Waals surface area (Å²) in [7, 11) is -2.55. The fourth-order valence-electron chi connectivity index (χ4n) is 3.47. The molecule has 0 bridgehead atoms. The number of hydrogen-bond acceptors (Lipinski definition) is 7. The third kappa shape index (κ3) is 5.50. The van der Waals surface area contributed by atoms with Crippen LogP contribution in [0.3, 0.4) is 0 Å². The number of anilines is 1. The molecule has 0 unspecified atom stereocenters. The highest BCUT2D eigenvalue weighted by molar-refractivity contribution is 7.88. The predicted octanol–water partition coefficient (Wildman–Crippen LogP) is 1.98. The quantitative estimate of drug-likeness (QED) is 0.696. The Bertz CT molecular complexity index is 1010. The molecule has 168 valence electrons. The van der Waals surface area contributed by atoms with Gasteiger partial charge in [0, 0.05) is 30.9 Å². The Labute approximate surface area is 183 Å². The molecule has 1 fully saturated rings. The predicted molar refractivity (Wildman–Crippen MR) is 118 cm³/mol. The molecule has 1 aromatic heterocycles. The Balaban J connectivity index is 1.90. The van der Waals surface area contributed by atoms with Gasteiger partial charge in [-0.05, 0) is 36.6 Å². The van der Waals surface area contributed by atoms with E-state index in [-0.39, 0.29) is 0 Å². The van der Waals surface area contributed by atoms with Gasteiger partial charge in [0.25, 0.3) is 0 Å². The molecule has 1 aliphatic rings. The van der Waals surface area contributed by atoms with Gasteiger partial charge in [0.1, 0.15) is 5.75 Å². The van der Waals surface area contributed by atoms with Crippen molar-refractivity contribution in [1.29, 1.82) is 0 Å². The molecule has 0 saturated carbocycles. The molecule has 2 heterocycles. The van der Waals surface area contributed by atoms with Gasteiger partial charge in [-0.1, -0.05) is 32.9 Å². The van der Waals surface area contributed by atoms with Crippen LogP contribution >= 0.6 is 0 Å². The molecule has 10 heteroatoms. The highest BCUT2D eigenvalue weighted by Crippen LogP contribution is 2.36. The number of nitrogens with zero attached hydrogens (tertiary/aromatic N) is 3. The summed E-state index contributed by atoms with van der Waals surface area (Å²) in [6.07, 6.45) is 4.28. The number of rotatable bonds is 6. The standard InChI is InChI=1S/C21H29N5O4S/c1-20(2,3)18(27)24-31(28,29)25-21(16-7-5-8-17(15-16)30-4)9-13-26(14-10-21)19-22-11-6-12-23-19/h5-8,11-12,15,25H,9-10,13-14H2,1-4H3,(H,24,27). The van der Waals surface area contributed by atoms with Crippen molar-refractivity contribution in [3.63, 3.8) is 0 Å². The molecule has 2 N–H and O–H groups in total. The normalized spacial score (nSPS) is 16.6. The van der Waals surface area contributed by atoms with Gasteiger partial charge in [-0.3, -0.25) is 4.79 Å². The summed E-state index contributed by atoms with van der Waals surface area (Å²) in [5.74, 6) is 0.658. The van der Waals surface area contributed by atoms with E-state index >= 15 is 0 Å². The summed E-state index contributed by atoms with van der Waals surface area (Å²) in [6, 6.07) is 9.07. The third-order valence-corrected chi connectivity index (χ3v) is 6.43. The minimum atomic E-state index is -4.11. The smallest absolute Gasteiger partial charge is 0.302 e. The molecule has 1 aromatic carbocycles. The summed E-state index contributed by atoms with van der Waals surface area (Å²) < 4.78 is 36.1. The fourth-order valence-corrected chi connectivity index (χ4v) is 4.91. The van der Waals surface area contributed by atoms with Gasteiger partial charge in [0.15, 0.2) is 0 Å². The van der Waals surface area contributed by atoms with E-state index in [1.807, 2.05) is 23.1 Å². The van der Waals surface area contributed by atoms with Crippen molar-refractivity contribution in [3.8, 4) is 5.75 Å². The molecule has 2 aromatic rings. The largest absolute Gasteiger partial charge is 0.497 e.